The smallest absolute Gasteiger partial charge is 0.341 e. The first kappa shape index (κ1) is 15.7. The SMILES string of the molecule is O=S(=O)(c1ccc(NC2CCCC3OCCC23)cc1)C(F)F. The van der Waals surface area contributed by atoms with Gasteiger partial charge in [-0.2, -0.15) is 8.78 Å². The third kappa shape index (κ3) is 2.96. The summed E-state index contributed by atoms with van der Waals surface area (Å²) in [6.45, 7) is 0.791. The van der Waals surface area contributed by atoms with Gasteiger partial charge in [0, 0.05) is 24.3 Å². The Hall–Kier alpha value is -1.21. The summed E-state index contributed by atoms with van der Waals surface area (Å²) >= 11 is 0. The zero-order chi connectivity index (χ0) is 15.7. The number of alkyl halides is 2. The summed E-state index contributed by atoms with van der Waals surface area (Å²) in [5.74, 6) is -2.92. The molecule has 3 unspecified atom stereocenters. The Balaban J connectivity index is 1.71. The largest absolute Gasteiger partial charge is 0.382 e. The predicted octanol–water partition coefficient (Wildman–Crippen LogP) is 3.05. The molecule has 1 aromatic carbocycles. The van der Waals surface area contributed by atoms with E-state index < -0.39 is 15.6 Å². The van der Waals surface area contributed by atoms with E-state index in [2.05, 4.69) is 5.32 Å². The van der Waals surface area contributed by atoms with Crippen LogP contribution in [0.5, 0.6) is 0 Å². The fraction of sp³-hybridized carbons (Fsp3) is 0.600. The van der Waals surface area contributed by atoms with E-state index in [9.17, 15) is 17.2 Å². The van der Waals surface area contributed by atoms with Crippen molar-refractivity contribution in [2.75, 3.05) is 11.9 Å². The van der Waals surface area contributed by atoms with Gasteiger partial charge in [0.1, 0.15) is 0 Å². The first-order valence-electron chi connectivity index (χ1n) is 7.49. The molecule has 1 aliphatic carbocycles. The second kappa shape index (κ2) is 6.12. The highest BCUT2D eigenvalue weighted by atomic mass is 32.2. The van der Waals surface area contributed by atoms with Crippen molar-refractivity contribution < 1.29 is 21.9 Å². The van der Waals surface area contributed by atoms with Gasteiger partial charge in [-0.25, -0.2) is 8.42 Å². The first-order chi connectivity index (χ1) is 10.5. The summed E-state index contributed by atoms with van der Waals surface area (Å²) in [6, 6.07) is 5.85. The molecule has 1 aliphatic heterocycles. The van der Waals surface area contributed by atoms with Gasteiger partial charge in [-0.15, -0.1) is 0 Å². The number of hydrogen-bond acceptors (Lipinski definition) is 4. The van der Waals surface area contributed by atoms with Crippen molar-refractivity contribution in [2.24, 2.45) is 5.92 Å². The van der Waals surface area contributed by atoms with E-state index in [1.807, 2.05) is 0 Å². The Kier molecular flexibility index (Phi) is 4.36. The molecule has 1 aromatic rings. The number of benzene rings is 1. The van der Waals surface area contributed by atoms with Gasteiger partial charge >= 0.3 is 5.76 Å². The summed E-state index contributed by atoms with van der Waals surface area (Å²) in [5.41, 5.74) is 0.755. The molecule has 3 atom stereocenters. The van der Waals surface area contributed by atoms with Crippen molar-refractivity contribution in [1.82, 2.24) is 0 Å². The van der Waals surface area contributed by atoms with E-state index in [0.29, 0.717) is 18.1 Å². The molecule has 22 heavy (non-hydrogen) atoms. The molecular weight excluding hydrogens is 312 g/mol. The van der Waals surface area contributed by atoms with Gasteiger partial charge < -0.3 is 10.1 Å². The number of hydrogen-bond donors (Lipinski definition) is 1. The zero-order valence-corrected chi connectivity index (χ0v) is 12.9. The highest BCUT2D eigenvalue weighted by Crippen LogP contribution is 2.36. The third-order valence-corrected chi connectivity index (χ3v) is 5.95. The van der Waals surface area contributed by atoms with Crippen LogP contribution in [-0.2, 0) is 14.6 Å². The summed E-state index contributed by atoms with van der Waals surface area (Å²) in [7, 11) is -4.52. The molecule has 1 N–H and O–H groups in total. The number of nitrogens with one attached hydrogen (secondary N) is 1. The molecule has 0 radical (unpaired) electrons. The van der Waals surface area contributed by atoms with Gasteiger partial charge in [0.05, 0.1) is 11.0 Å². The minimum absolute atomic E-state index is 0.291. The maximum Gasteiger partial charge on any atom is 0.341 e. The number of anilines is 1. The molecule has 3 rings (SSSR count). The van der Waals surface area contributed by atoms with Crippen LogP contribution in [-0.4, -0.2) is 32.9 Å². The molecule has 122 valence electrons. The van der Waals surface area contributed by atoms with Gasteiger partial charge in [0.2, 0.25) is 9.84 Å². The fourth-order valence-corrected chi connectivity index (χ4v) is 4.13. The van der Waals surface area contributed by atoms with E-state index in [-0.39, 0.29) is 4.90 Å². The predicted molar refractivity (Wildman–Crippen MR) is 78.7 cm³/mol. The number of halogens is 2. The van der Waals surface area contributed by atoms with Crippen LogP contribution in [0.2, 0.25) is 0 Å². The Labute approximate surface area is 128 Å². The van der Waals surface area contributed by atoms with Crippen LogP contribution >= 0.6 is 0 Å². The second-order valence-corrected chi connectivity index (χ2v) is 7.79. The van der Waals surface area contributed by atoms with Crippen molar-refractivity contribution in [2.45, 2.75) is 48.5 Å². The molecule has 2 fully saturated rings. The normalized spacial score (nSPS) is 28.6. The molecule has 2 aliphatic rings. The van der Waals surface area contributed by atoms with Crippen molar-refractivity contribution in [3.05, 3.63) is 24.3 Å². The van der Waals surface area contributed by atoms with Crippen molar-refractivity contribution in [3.8, 4) is 0 Å². The van der Waals surface area contributed by atoms with Gasteiger partial charge in [-0.3, -0.25) is 0 Å². The molecule has 0 spiro atoms. The van der Waals surface area contributed by atoms with Crippen LogP contribution in [0.3, 0.4) is 0 Å². The third-order valence-electron chi connectivity index (χ3n) is 4.55. The van der Waals surface area contributed by atoms with Crippen molar-refractivity contribution >= 4 is 15.5 Å². The molecule has 1 saturated heterocycles. The fourth-order valence-electron chi connectivity index (χ4n) is 3.41. The molecule has 4 nitrogen and oxygen atoms in total. The Morgan fingerprint density at radius 3 is 2.55 bits per heavy atom. The lowest BCUT2D eigenvalue weighted by Crippen LogP contribution is -2.38. The van der Waals surface area contributed by atoms with E-state index in [1.54, 1.807) is 12.1 Å². The minimum Gasteiger partial charge on any atom is -0.382 e. The summed E-state index contributed by atoms with van der Waals surface area (Å²) in [5, 5.41) is 3.40. The number of sulfone groups is 1. The van der Waals surface area contributed by atoms with Crippen LogP contribution in [0.1, 0.15) is 25.7 Å². The van der Waals surface area contributed by atoms with Crippen LogP contribution in [0, 0.1) is 5.92 Å². The monoisotopic (exact) mass is 331 g/mol. The van der Waals surface area contributed by atoms with Crippen LogP contribution < -0.4 is 5.32 Å². The molecule has 0 amide bonds. The van der Waals surface area contributed by atoms with Gasteiger partial charge in [0.15, 0.2) is 0 Å². The molecule has 7 heteroatoms. The average molecular weight is 331 g/mol. The molecule has 0 aromatic heterocycles. The molecular formula is C15H19F2NO3S. The first-order valence-corrected chi connectivity index (χ1v) is 9.03. The maximum atomic E-state index is 12.5. The molecule has 1 heterocycles. The van der Waals surface area contributed by atoms with Gasteiger partial charge in [-0.1, -0.05) is 0 Å². The summed E-state index contributed by atoms with van der Waals surface area (Å²) in [6.07, 6.45) is 4.57. The van der Waals surface area contributed by atoms with Crippen molar-refractivity contribution in [3.63, 3.8) is 0 Å². The molecule has 0 bridgehead atoms. The van der Waals surface area contributed by atoms with E-state index in [1.165, 1.54) is 12.1 Å². The number of fused-ring (bicyclic) bond motifs is 1. The van der Waals surface area contributed by atoms with E-state index in [0.717, 1.165) is 38.0 Å². The van der Waals surface area contributed by atoms with Gasteiger partial charge in [-0.05, 0) is 49.9 Å². The standard InChI is InChI=1S/C15H19F2NO3S/c16-15(17)22(19,20)11-6-4-10(5-7-11)18-13-2-1-3-14-12(13)8-9-21-14/h4-7,12-15,18H,1-3,8-9H2. The molecule has 1 saturated carbocycles. The summed E-state index contributed by atoms with van der Waals surface area (Å²) < 4.78 is 53.5. The number of ether oxygens (including phenoxy) is 1. The number of rotatable bonds is 4. The van der Waals surface area contributed by atoms with Crippen LogP contribution in [0.15, 0.2) is 29.2 Å². The highest BCUT2D eigenvalue weighted by Gasteiger charge is 2.37. The van der Waals surface area contributed by atoms with Gasteiger partial charge in [0.25, 0.3) is 0 Å². The second-order valence-electron chi connectivity index (χ2n) is 5.87. The lowest BCUT2D eigenvalue weighted by atomic mass is 9.81. The average Bonchev–Trinajstić information content (AvgIpc) is 2.97. The Bertz CT molecular complexity index is 618. The lowest BCUT2D eigenvalue weighted by molar-refractivity contribution is 0.0620. The van der Waals surface area contributed by atoms with E-state index in [4.69, 9.17) is 4.74 Å². The Morgan fingerprint density at radius 2 is 1.86 bits per heavy atom. The zero-order valence-electron chi connectivity index (χ0n) is 12.0. The van der Waals surface area contributed by atoms with Crippen molar-refractivity contribution in [1.29, 1.82) is 0 Å². The van der Waals surface area contributed by atoms with Crippen LogP contribution in [0.4, 0.5) is 14.5 Å². The highest BCUT2D eigenvalue weighted by molar-refractivity contribution is 7.91. The Morgan fingerprint density at radius 1 is 1.14 bits per heavy atom. The minimum atomic E-state index is -4.52. The summed E-state index contributed by atoms with van der Waals surface area (Å²) in [4.78, 5) is -0.348. The van der Waals surface area contributed by atoms with Crippen LogP contribution in [0.25, 0.3) is 0 Å². The lowest BCUT2D eigenvalue weighted by Gasteiger charge is -2.33. The maximum absolute atomic E-state index is 12.5. The quantitative estimate of drug-likeness (QED) is 0.921. The topological polar surface area (TPSA) is 55.4 Å². The van der Waals surface area contributed by atoms with E-state index >= 15 is 0 Å².